The highest BCUT2D eigenvalue weighted by atomic mass is 16.2. The van der Waals surface area contributed by atoms with E-state index in [1.54, 1.807) is 0 Å². The molecule has 0 saturated heterocycles. The largest absolute Gasteiger partial charge is 0.354 e. The van der Waals surface area contributed by atoms with Gasteiger partial charge in [0.15, 0.2) is 0 Å². The zero-order chi connectivity index (χ0) is 16.2. The molecule has 2 saturated carbocycles. The van der Waals surface area contributed by atoms with Crippen molar-refractivity contribution in [3.05, 3.63) is 0 Å². The van der Waals surface area contributed by atoms with E-state index in [1.807, 2.05) is 6.92 Å². The van der Waals surface area contributed by atoms with E-state index in [9.17, 15) is 4.79 Å². The quantitative estimate of drug-likeness (QED) is 0.785. The van der Waals surface area contributed by atoms with Crippen LogP contribution in [-0.2, 0) is 4.79 Å². The van der Waals surface area contributed by atoms with E-state index in [0.29, 0.717) is 0 Å². The van der Waals surface area contributed by atoms with Crippen LogP contribution in [0.25, 0.3) is 0 Å². The Morgan fingerprint density at radius 1 is 1.09 bits per heavy atom. The molecule has 2 atom stereocenters. The molecule has 128 valence electrons. The van der Waals surface area contributed by atoms with Crippen molar-refractivity contribution < 1.29 is 4.79 Å². The third-order valence-electron chi connectivity index (χ3n) is 6.15. The Labute approximate surface area is 136 Å². The second-order valence-electron chi connectivity index (χ2n) is 8.05. The van der Waals surface area contributed by atoms with Crippen LogP contribution in [0.5, 0.6) is 0 Å². The summed E-state index contributed by atoms with van der Waals surface area (Å²) in [7, 11) is 4.32. The summed E-state index contributed by atoms with van der Waals surface area (Å²) in [5, 5.41) is 3.27. The minimum absolute atomic E-state index is 0.0220. The molecule has 0 radical (unpaired) electrons. The molecule has 2 aliphatic carbocycles. The second kappa shape index (κ2) is 7.31. The molecule has 2 rings (SSSR count). The fraction of sp³-hybridized carbons (Fsp3) is 0.944. The lowest BCUT2D eigenvalue weighted by atomic mass is 9.74. The van der Waals surface area contributed by atoms with Gasteiger partial charge < -0.3 is 16.0 Å². The van der Waals surface area contributed by atoms with Crippen molar-refractivity contribution in [1.82, 2.24) is 10.2 Å². The minimum Gasteiger partial charge on any atom is -0.354 e. The Kier molecular flexibility index (Phi) is 5.89. The summed E-state index contributed by atoms with van der Waals surface area (Å²) in [6.45, 7) is 2.81. The molecular weight excluding hydrogens is 274 g/mol. The van der Waals surface area contributed by atoms with Crippen LogP contribution < -0.4 is 11.1 Å². The first-order valence-electron chi connectivity index (χ1n) is 9.11. The number of amides is 1. The van der Waals surface area contributed by atoms with E-state index < -0.39 is 0 Å². The van der Waals surface area contributed by atoms with Crippen molar-refractivity contribution in [3.8, 4) is 0 Å². The van der Waals surface area contributed by atoms with Gasteiger partial charge in [0, 0.05) is 17.6 Å². The van der Waals surface area contributed by atoms with Gasteiger partial charge in [0.25, 0.3) is 0 Å². The van der Waals surface area contributed by atoms with E-state index in [4.69, 9.17) is 5.73 Å². The van der Waals surface area contributed by atoms with Crippen LogP contribution in [0, 0.1) is 5.92 Å². The highest BCUT2D eigenvalue weighted by Gasteiger charge is 2.39. The number of nitrogens with zero attached hydrogens (tertiary/aromatic N) is 1. The molecule has 4 heteroatoms. The van der Waals surface area contributed by atoms with Crippen LogP contribution in [0.3, 0.4) is 0 Å². The third kappa shape index (κ3) is 4.02. The molecule has 0 aliphatic heterocycles. The number of carbonyl (C=O) groups is 1. The van der Waals surface area contributed by atoms with Crippen molar-refractivity contribution in [2.45, 2.75) is 82.2 Å². The summed E-state index contributed by atoms with van der Waals surface area (Å²) in [4.78, 5) is 15.0. The molecule has 0 spiro atoms. The van der Waals surface area contributed by atoms with Crippen LogP contribution in [0.4, 0.5) is 0 Å². The average Bonchev–Trinajstić information content (AvgIpc) is 2.71. The number of likely N-dealkylation sites (N-methyl/N-ethyl adjacent to an activating group) is 1. The van der Waals surface area contributed by atoms with Crippen LogP contribution >= 0.6 is 0 Å². The lowest BCUT2D eigenvalue weighted by Gasteiger charge is -2.41. The molecule has 3 N–H and O–H groups in total. The van der Waals surface area contributed by atoms with Gasteiger partial charge in [0.05, 0.1) is 5.92 Å². The summed E-state index contributed by atoms with van der Waals surface area (Å²) >= 11 is 0. The summed E-state index contributed by atoms with van der Waals surface area (Å²) in [5.74, 6) is 0.154. The summed E-state index contributed by atoms with van der Waals surface area (Å²) in [6, 6.07) is 0. The predicted octanol–water partition coefficient (Wildman–Crippen LogP) is 2.66. The summed E-state index contributed by atoms with van der Waals surface area (Å²) in [5.41, 5.74) is 6.17. The molecule has 0 aromatic rings. The number of hydrogen-bond acceptors (Lipinski definition) is 3. The highest BCUT2D eigenvalue weighted by molar-refractivity contribution is 5.80. The van der Waals surface area contributed by atoms with E-state index in [-0.39, 0.29) is 22.9 Å². The number of rotatable bonds is 4. The molecule has 2 fully saturated rings. The Bertz CT molecular complexity index is 371. The molecule has 22 heavy (non-hydrogen) atoms. The Balaban J connectivity index is 1.98. The van der Waals surface area contributed by atoms with Crippen LogP contribution in [0.1, 0.15) is 71.1 Å². The van der Waals surface area contributed by atoms with Gasteiger partial charge in [0.1, 0.15) is 0 Å². The third-order valence-corrected chi connectivity index (χ3v) is 6.15. The average molecular weight is 309 g/mol. The van der Waals surface area contributed by atoms with Gasteiger partial charge in [-0.15, -0.1) is 0 Å². The van der Waals surface area contributed by atoms with Crippen molar-refractivity contribution in [3.63, 3.8) is 0 Å². The number of nitrogens with two attached hydrogens (primary N) is 1. The molecule has 2 aliphatic rings. The molecule has 4 nitrogen and oxygen atoms in total. The van der Waals surface area contributed by atoms with Gasteiger partial charge in [0.2, 0.25) is 5.91 Å². The van der Waals surface area contributed by atoms with Crippen LogP contribution in [-0.4, -0.2) is 42.5 Å². The van der Waals surface area contributed by atoms with Gasteiger partial charge in [-0.3, -0.25) is 4.79 Å². The van der Waals surface area contributed by atoms with Gasteiger partial charge >= 0.3 is 0 Å². The zero-order valence-corrected chi connectivity index (χ0v) is 14.8. The van der Waals surface area contributed by atoms with Crippen molar-refractivity contribution in [2.75, 3.05) is 20.6 Å². The first-order chi connectivity index (χ1) is 10.4. The fourth-order valence-corrected chi connectivity index (χ4v) is 4.33. The normalized spacial score (nSPS) is 32.5. The molecule has 0 aromatic carbocycles. The number of hydrogen-bond donors (Lipinski definition) is 2. The molecule has 0 aromatic heterocycles. The molecule has 1 amide bonds. The van der Waals surface area contributed by atoms with Gasteiger partial charge in [-0.05, 0) is 46.7 Å². The van der Waals surface area contributed by atoms with E-state index in [0.717, 1.165) is 32.2 Å². The van der Waals surface area contributed by atoms with Crippen molar-refractivity contribution in [1.29, 1.82) is 0 Å². The SMILES string of the molecule is CN(C)C1(CNC(=O)C2CCCCC2(C)N)CCCCCC1. The highest BCUT2D eigenvalue weighted by Crippen LogP contribution is 2.33. The maximum atomic E-state index is 12.7. The van der Waals surface area contributed by atoms with E-state index >= 15 is 0 Å². The Morgan fingerprint density at radius 3 is 2.23 bits per heavy atom. The molecule has 0 bridgehead atoms. The first kappa shape index (κ1) is 17.7. The second-order valence-corrected chi connectivity index (χ2v) is 8.05. The summed E-state index contributed by atoms with van der Waals surface area (Å²) < 4.78 is 0. The standard InChI is InChI=1S/C18H35N3O/c1-17(19)11-9-6-10-15(17)16(22)20-14-18(21(2)3)12-7-4-5-8-13-18/h15H,4-14,19H2,1-3H3,(H,20,22). The predicted molar refractivity (Wildman–Crippen MR) is 91.7 cm³/mol. The Hall–Kier alpha value is -0.610. The monoisotopic (exact) mass is 309 g/mol. The van der Waals surface area contributed by atoms with E-state index in [1.165, 1.54) is 38.5 Å². The van der Waals surface area contributed by atoms with Gasteiger partial charge in [-0.1, -0.05) is 38.5 Å². The van der Waals surface area contributed by atoms with Crippen LogP contribution in [0.2, 0.25) is 0 Å². The fourth-order valence-electron chi connectivity index (χ4n) is 4.33. The minimum atomic E-state index is -0.336. The molecular formula is C18H35N3O. The maximum absolute atomic E-state index is 12.7. The van der Waals surface area contributed by atoms with Gasteiger partial charge in [-0.2, -0.15) is 0 Å². The molecule has 2 unspecified atom stereocenters. The lowest BCUT2D eigenvalue weighted by molar-refractivity contribution is -0.128. The summed E-state index contributed by atoms with van der Waals surface area (Å²) in [6.07, 6.45) is 11.7. The molecule has 0 heterocycles. The zero-order valence-electron chi connectivity index (χ0n) is 14.8. The lowest BCUT2D eigenvalue weighted by Crippen LogP contribution is -2.57. The smallest absolute Gasteiger partial charge is 0.225 e. The maximum Gasteiger partial charge on any atom is 0.225 e. The van der Waals surface area contributed by atoms with Gasteiger partial charge in [-0.25, -0.2) is 0 Å². The first-order valence-corrected chi connectivity index (χ1v) is 9.11. The Morgan fingerprint density at radius 2 is 1.68 bits per heavy atom. The number of nitrogens with one attached hydrogen (secondary N) is 1. The van der Waals surface area contributed by atoms with E-state index in [2.05, 4.69) is 24.3 Å². The van der Waals surface area contributed by atoms with Crippen molar-refractivity contribution in [2.24, 2.45) is 11.7 Å². The number of carbonyl (C=O) groups excluding carboxylic acids is 1. The van der Waals surface area contributed by atoms with Crippen LogP contribution in [0.15, 0.2) is 0 Å². The van der Waals surface area contributed by atoms with Crippen molar-refractivity contribution >= 4 is 5.91 Å². The topological polar surface area (TPSA) is 58.4 Å².